The minimum atomic E-state index is 0.594. The van der Waals surface area contributed by atoms with E-state index in [-0.39, 0.29) is 0 Å². The first-order chi connectivity index (χ1) is 10.3. The summed E-state index contributed by atoms with van der Waals surface area (Å²) in [7, 11) is 0. The third kappa shape index (κ3) is 1.94. The molecule has 3 heterocycles. The van der Waals surface area contributed by atoms with Crippen molar-refractivity contribution in [2.45, 2.75) is 32.6 Å². The smallest absolute Gasteiger partial charge is 0.199 e. The number of rotatable bonds is 2. The number of fused-ring (bicyclic) bond motifs is 3. The van der Waals surface area contributed by atoms with Gasteiger partial charge in [-0.25, -0.2) is 15.8 Å². The number of nitrogen functional groups attached to an aromatic ring is 1. The van der Waals surface area contributed by atoms with Gasteiger partial charge in [0.15, 0.2) is 17.4 Å². The predicted octanol–water partition coefficient (Wildman–Crippen LogP) is 3.42. The highest BCUT2D eigenvalue weighted by Crippen LogP contribution is 2.39. The monoisotopic (exact) mass is 300 g/mol. The molecular formula is C15H16N4OS. The van der Waals surface area contributed by atoms with E-state index in [2.05, 4.69) is 10.4 Å². The maximum Gasteiger partial charge on any atom is 0.199 e. The van der Waals surface area contributed by atoms with E-state index in [1.807, 2.05) is 13.0 Å². The Hall–Kier alpha value is -1.92. The zero-order valence-corrected chi connectivity index (χ0v) is 12.6. The van der Waals surface area contributed by atoms with Crippen molar-refractivity contribution in [3.8, 4) is 11.6 Å². The normalized spacial score (nSPS) is 14.4. The summed E-state index contributed by atoms with van der Waals surface area (Å²) in [5.74, 6) is 7.70. The second-order valence-corrected chi connectivity index (χ2v) is 6.45. The summed E-state index contributed by atoms with van der Waals surface area (Å²) in [5.41, 5.74) is 5.14. The van der Waals surface area contributed by atoms with Crippen LogP contribution in [0.2, 0.25) is 0 Å². The van der Waals surface area contributed by atoms with E-state index in [9.17, 15) is 0 Å². The Labute approximate surface area is 126 Å². The molecule has 1 aliphatic rings. The van der Waals surface area contributed by atoms with Gasteiger partial charge in [0, 0.05) is 4.88 Å². The van der Waals surface area contributed by atoms with Crippen molar-refractivity contribution in [2.24, 2.45) is 5.84 Å². The number of thiophene rings is 1. The molecular weight excluding hydrogens is 284 g/mol. The average molecular weight is 300 g/mol. The molecule has 0 unspecified atom stereocenters. The molecule has 5 nitrogen and oxygen atoms in total. The van der Waals surface area contributed by atoms with Gasteiger partial charge in [-0.1, -0.05) is 0 Å². The first kappa shape index (κ1) is 12.8. The van der Waals surface area contributed by atoms with E-state index in [1.165, 1.54) is 23.3 Å². The third-order valence-corrected chi connectivity index (χ3v) is 5.20. The zero-order chi connectivity index (χ0) is 14.4. The van der Waals surface area contributed by atoms with Crippen LogP contribution < -0.4 is 11.3 Å². The Morgan fingerprint density at radius 3 is 2.90 bits per heavy atom. The lowest BCUT2D eigenvalue weighted by Crippen LogP contribution is -2.11. The van der Waals surface area contributed by atoms with Crippen molar-refractivity contribution in [1.82, 2.24) is 9.97 Å². The molecule has 0 radical (unpaired) electrons. The largest absolute Gasteiger partial charge is 0.461 e. The molecule has 0 aliphatic heterocycles. The molecule has 3 aromatic rings. The fraction of sp³-hybridized carbons (Fsp3) is 0.333. The number of aryl methyl sites for hydroxylation is 3. The number of nitrogens with two attached hydrogens (primary N) is 1. The van der Waals surface area contributed by atoms with Crippen molar-refractivity contribution in [1.29, 1.82) is 0 Å². The summed E-state index contributed by atoms with van der Waals surface area (Å²) in [5, 5.41) is 1.09. The summed E-state index contributed by atoms with van der Waals surface area (Å²) < 4.78 is 5.51. The number of nitrogens with zero attached hydrogens (tertiary/aromatic N) is 2. The van der Waals surface area contributed by atoms with Gasteiger partial charge in [0.2, 0.25) is 0 Å². The molecule has 4 rings (SSSR count). The van der Waals surface area contributed by atoms with Crippen molar-refractivity contribution < 1.29 is 4.42 Å². The summed E-state index contributed by atoms with van der Waals surface area (Å²) in [6, 6.07) is 1.91. The van der Waals surface area contributed by atoms with Crippen LogP contribution in [-0.4, -0.2) is 9.97 Å². The maximum absolute atomic E-state index is 5.70. The molecule has 0 amide bonds. The first-order valence-corrected chi connectivity index (χ1v) is 7.93. The lowest BCUT2D eigenvalue weighted by molar-refractivity contribution is 0.576. The number of hydrogen-bond donors (Lipinski definition) is 2. The topological polar surface area (TPSA) is 77.0 Å². The molecule has 0 atom stereocenters. The Morgan fingerprint density at radius 1 is 1.29 bits per heavy atom. The average Bonchev–Trinajstić information content (AvgIpc) is 3.09. The number of nitrogens with one attached hydrogen (secondary N) is 1. The van der Waals surface area contributed by atoms with E-state index < -0.39 is 0 Å². The summed E-state index contributed by atoms with van der Waals surface area (Å²) in [6.07, 6.45) is 6.36. The maximum atomic E-state index is 5.70. The van der Waals surface area contributed by atoms with E-state index in [0.29, 0.717) is 17.4 Å². The van der Waals surface area contributed by atoms with Crippen LogP contribution in [0.1, 0.15) is 28.8 Å². The van der Waals surface area contributed by atoms with Crippen LogP contribution in [0.3, 0.4) is 0 Å². The molecule has 6 heteroatoms. The van der Waals surface area contributed by atoms with Crippen molar-refractivity contribution in [3.05, 3.63) is 28.3 Å². The highest BCUT2D eigenvalue weighted by molar-refractivity contribution is 7.19. The van der Waals surface area contributed by atoms with Gasteiger partial charge in [-0.2, -0.15) is 0 Å². The van der Waals surface area contributed by atoms with Crippen LogP contribution in [0.5, 0.6) is 0 Å². The van der Waals surface area contributed by atoms with Crippen LogP contribution >= 0.6 is 11.3 Å². The molecule has 1 aliphatic carbocycles. The van der Waals surface area contributed by atoms with Gasteiger partial charge in [0.25, 0.3) is 0 Å². The van der Waals surface area contributed by atoms with Crippen LogP contribution in [0.25, 0.3) is 21.8 Å². The van der Waals surface area contributed by atoms with Gasteiger partial charge in [0.05, 0.1) is 11.6 Å². The number of aromatic nitrogens is 2. The van der Waals surface area contributed by atoms with Crippen molar-refractivity contribution >= 4 is 27.4 Å². The number of furan rings is 1. The molecule has 3 N–H and O–H groups in total. The van der Waals surface area contributed by atoms with Crippen LogP contribution in [-0.2, 0) is 12.8 Å². The van der Waals surface area contributed by atoms with E-state index in [1.54, 1.807) is 17.6 Å². The van der Waals surface area contributed by atoms with Gasteiger partial charge in [-0.05, 0) is 49.8 Å². The molecule has 21 heavy (non-hydrogen) atoms. The van der Waals surface area contributed by atoms with E-state index in [4.69, 9.17) is 15.2 Å². The van der Waals surface area contributed by atoms with E-state index >= 15 is 0 Å². The highest BCUT2D eigenvalue weighted by Gasteiger charge is 2.22. The van der Waals surface area contributed by atoms with Crippen molar-refractivity contribution in [2.75, 3.05) is 5.43 Å². The fourth-order valence-corrected chi connectivity index (χ4v) is 4.23. The standard InChI is InChI=1S/C15H16N4OS/c1-8-6-7-20-12(8)14-17-13(19-16)11-9-4-2-3-5-10(9)21-15(11)18-14/h6-7H,2-5,16H2,1H3,(H,17,18,19). The van der Waals surface area contributed by atoms with Gasteiger partial charge < -0.3 is 9.84 Å². The molecule has 0 bridgehead atoms. The molecule has 0 saturated heterocycles. The highest BCUT2D eigenvalue weighted by atomic mass is 32.1. The molecule has 0 spiro atoms. The second kappa shape index (κ2) is 4.82. The molecule has 0 saturated carbocycles. The molecule has 0 fully saturated rings. The lowest BCUT2D eigenvalue weighted by Gasteiger charge is -2.11. The summed E-state index contributed by atoms with van der Waals surface area (Å²) in [4.78, 5) is 11.7. The molecule has 0 aromatic carbocycles. The zero-order valence-electron chi connectivity index (χ0n) is 11.8. The Kier molecular flexibility index (Phi) is 2.94. The summed E-state index contributed by atoms with van der Waals surface area (Å²) in [6.45, 7) is 1.99. The number of anilines is 1. The lowest BCUT2D eigenvalue weighted by atomic mass is 9.97. The van der Waals surface area contributed by atoms with Crippen LogP contribution in [0.4, 0.5) is 5.82 Å². The predicted molar refractivity (Wildman–Crippen MR) is 84.3 cm³/mol. The quantitative estimate of drug-likeness (QED) is 0.560. The van der Waals surface area contributed by atoms with Crippen LogP contribution in [0.15, 0.2) is 16.7 Å². The fourth-order valence-electron chi connectivity index (χ4n) is 2.97. The van der Waals surface area contributed by atoms with E-state index in [0.717, 1.165) is 28.6 Å². The van der Waals surface area contributed by atoms with Crippen molar-refractivity contribution in [3.63, 3.8) is 0 Å². The van der Waals surface area contributed by atoms with Gasteiger partial charge in [-0.3, -0.25) is 0 Å². The minimum Gasteiger partial charge on any atom is -0.461 e. The first-order valence-electron chi connectivity index (χ1n) is 7.11. The number of hydrogen-bond acceptors (Lipinski definition) is 6. The Balaban J connectivity index is 1.98. The number of hydrazine groups is 1. The summed E-state index contributed by atoms with van der Waals surface area (Å²) >= 11 is 1.76. The Morgan fingerprint density at radius 2 is 2.14 bits per heavy atom. The molecule has 108 valence electrons. The van der Waals surface area contributed by atoms with Gasteiger partial charge >= 0.3 is 0 Å². The minimum absolute atomic E-state index is 0.594. The SMILES string of the molecule is Cc1ccoc1-c1nc(NN)c2c3c(sc2n1)CCCC3. The molecule has 3 aromatic heterocycles. The second-order valence-electron chi connectivity index (χ2n) is 5.36. The Bertz CT molecular complexity index is 821. The van der Waals surface area contributed by atoms with Crippen LogP contribution in [0, 0.1) is 6.92 Å². The van der Waals surface area contributed by atoms with Gasteiger partial charge in [-0.15, -0.1) is 11.3 Å². The third-order valence-electron chi connectivity index (χ3n) is 4.02. The van der Waals surface area contributed by atoms with Gasteiger partial charge in [0.1, 0.15) is 4.83 Å².